The van der Waals surface area contributed by atoms with Crippen molar-refractivity contribution < 1.29 is 4.79 Å². The fraction of sp³-hybridized carbons (Fsp3) is 0.344. The lowest BCUT2D eigenvalue weighted by molar-refractivity contribution is 0.0932. The Hall–Kier alpha value is -3.77. The van der Waals surface area contributed by atoms with Crippen molar-refractivity contribution in [2.24, 2.45) is 0 Å². The number of nitrogens with zero attached hydrogens (tertiary/aromatic N) is 3. The van der Waals surface area contributed by atoms with E-state index in [1.165, 1.54) is 53.7 Å². The molecule has 1 N–H and O–H groups in total. The molecule has 0 radical (unpaired) electrons. The van der Waals surface area contributed by atoms with Crippen molar-refractivity contribution >= 4 is 16.7 Å². The Bertz CT molecular complexity index is 1530. The van der Waals surface area contributed by atoms with E-state index in [2.05, 4.69) is 33.5 Å². The van der Waals surface area contributed by atoms with Crippen molar-refractivity contribution in [1.29, 1.82) is 0 Å². The molecule has 1 aliphatic heterocycles. The molecule has 2 heterocycles. The molecule has 6 rings (SSSR count). The van der Waals surface area contributed by atoms with Crippen molar-refractivity contribution in [3.8, 4) is 5.69 Å². The lowest BCUT2D eigenvalue weighted by Crippen LogP contribution is -2.31. The molecular formula is C32H34N4O2. The van der Waals surface area contributed by atoms with E-state index in [-0.39, 0.29) is 17.5 Å². The molecule has 0 unspecified atom stereocenters. The molecule has 1 fully saturated rings. The number of carbonyl (C=O) groups is 1. The van der Waals surface area contributed by atoms with Gasteiger partial charge in [0.05, 0.1) is 22.8 Å². The summed E-state index contributed by atoms with van der Waals surface area (Å²) in [6.45, 7) is 5.31. The van der Waals surface area contributed by atoms with E-state index in [1.54, 1.807) is 24.3 Å². The maximum Gasteiger partial charge on any atom is 0.279 e. The van der Waals surface area contributed by atoms with Crippen LogP contribution >= 0.6 is 0 Å². The second-order valence-electron chi connectivity index (χ2n) is 10.7. The summed E-state index contributed by atoms with van der Waals surface area (Å²) in [6, 6.07) is 21.5. The van der Waals surface area contributed by atoms with Crippen LogP contribution in [0, 0.1) is 6.92 Å². The number of likely N-dealkylation sites (tertiary alicyclic amines) is 1. The predicted molar refractivity (Wildman–Crippen MR) is 151 cm³/mol. The van der Waals surface area contributed by atoms with Gasteiger partial charge in [-0.15, -0.1) is 0 Å². The zero-order valence-electron chi connectivity index (χ0n) is 22.0. The third-order valence-corrected chi connectivity index (χ3v) is 8.05. The number of aromatic nitrogens is 2. The van der Waals surface area contributed by atoms with E-state index in [4.69, 9.17) is 0 Å². The fourth-order valence-corrected chi connectivity index (χ4v) is 6.01. The lowest BCUT2D eigenvalue weighted by atomic mass is 9.86. The topological polar surface area (TPSA) is 67.2 Å². The molecule has 38 heavy (non-hydrogen) atoms. The van der Waals surface area contributed by atoms with E-state index < -0.39 is 0 Å². The fourth-order valence-electron chi connectivity index (χ4n) is 6.01. The van der Waals surface area contributed by atoms with Crippen LogP contribution in [0.3, 0.4) is 0 Å². The first-order valence-electron chi connectivity index (χ1n) is 13.8. The Morgan fingerprint density at radius 1 is 0.947 bits per heavy atom. The van der Waals surface area contributed by atoms with Gasteiger partial charge in [0.15, 0.2) is 0 Å². The van der Waals surface area contributed by atoms with Crippen LogP contribution in [0.5, 0.6) is 0 Å². The molecule has 0 spiro atoms. The maximum absolute atomic E-state index is 13.2. The smallest absolute Gasteiger partial charge is 0.279 e. The van der Waals surface area contributed by atoms with Crippen LogP contribution in [0.2, 0.25) is 0 Å². The summed E-state index contributed by atoms with van der Waals surface area (Å²) in [5, 5.41) is 9.26. The largest absolute Gasteiger partial charge is 0.345 e. The summed E-state index contributed by atoms with van der Waals surface area (Å²) in [5.74, 6) is -0.0956. The second kappa shape index (κ2) is 10.5. The van der Waals surface area contributed by atoms with Crippen LogP contribution in [0.25, 0.3) is 16.5 Å². The molecule has 1 aromatic heterocycles. The second-order valence-corrected chi connectivity index (χ2v) is 10.7. The van der Waals surface area contributed by atoms with Gasteiger partial charge in [0, 0.05) is 17.5 Å². The normalized spacial score (nSPS) is 17.8. The molecule has 194 valence electrons. The Kier molecular flexibility index (Phi) is 6.81. The van der Waals surface area contributed by atoms with Crippen LogP contribution in [0.1, 0.15) is 70.9 Å². The van der Waals surface area contributed by atoms with E-state index >= 15 is 0 Å². The highest BCUT2D eigenvalue weighted by molar-refractivity contribution is 5.94. The van der Waals surface area contributed by atoms with Gasteiger partial charge >= 0.3 is 0 Å². The zero-order chi connectivity index (χ0) is 26.1. The summed E-state index contributed by atoms with van der Waals surface area (Å²) in [7, 11) is 0. The minimum Gasteiger partial charge on any atom is -0.345 e. The highest BCUT2D eigenvalue weighted by atomic mass is 16.1. The van der Waals surface area contributed by atoms with Crippen molar-refractivity contribution in [3.63, 3.8) is 0 Å². The number of hydrogen-bond acceptors (Lipinski definition) is 4. The molecule has 0 bridgehead atoms. The molecule has 1 amide bonds. The van der Waals surface area contributed by atoms with Gasteiger partial charge < -0.3 is 5.32 Å². The van der Waals surface area contributed by atoms with Crippen molar-refractivity contribution in [3.05, 3.63) is 105 Å². The molecule has 0 saturated carbocycles. The van der Waals surface area contributed by atoms with E-state index in [0.717, 1.165) is 36.9 Å². The third-order valence-electron chi connectivity index (χ3n) is 8.05. The SMILES string of the molecule is Cc1nn(-c2ccc(C(=O)N[C@H]3CCCc4cc(CN5CCCCC5)ccc43)cc2)c(=O)c2ccccc12. The molecule has 3 aromatic carbocycles. The molecule has 2 aliphatic rings. The van der Waals surface area contributed by atoms with E-state index in [0.29, 0.717) is 16.6 Å². The van der Waals surface area contributed by atoms with Crippen LogP contribution in [-0.4, -0.2) is 33.7 Å². The van der Waals surface area contributed by atoms with Crippen LogP contribution in [0.4, 0.5) is 0 Å². The summed E-state index contributed by atoms with van der Waals surface area (Å²) in [5.41, 5.74) is 5.83. The first-order valence-corrected chi connectivity index (χ1v) is 13.8. The maximum atomic E-state index is 13.2. The standard InChI is InChI=1S/C32H34N4O2/c1-22-27-9-3-4-10-29(27)32(38)36(34-22)26-15-13-24(14-16-26)31(37)33-30-11-7-8-25-20-23(12-17-28(25)30)21-35-18-5-2-6-19-35/h3-4,9-10,12-17,20,30H,2,5-8,11,18-19,21H2,1H3,(H,33,37)/t30-/m0/s1. The van der Waals surface area contributed by atoms with Gasteiger partial charge in [0.2, 0.25) is 0 Å². The van der Waals surface area contributed by atoms with E-state index in [1.807, 2.05) is 31.2 Å². The van der Waals surface area contributed by atoms with Gasteiger partial charge in [-0.05, 0) is 99.1 Å². The Balaban J connectivity index is 1.18. The number of hydrogen-bond donors (Lipinski definition) is 1. The summed E-state index contributed by atoms with van der Waals surface area (Å²) in [6.07, 6.45) is 7.03. The number of amides is 1. The Labute approximate surface area is 223 Å². The number of nitrogens with one attached hydrogen (secondary N) is 1. The Morgan fingerprint density at radius 2 is 1.71 bits per heavy atom. The van der Waals surface area contributed by atoms with Gasteiger partial charge in [-0.2, -0.15) is 9.78 Å². The Morgan fingerprint density at radius 3 is 2.50 bits per heavy atom. The number of rotatable bonds is 5. The predicted octanol–water partition coefficient (Wildman–Crippen LogP) is 5.49. The quantitative estimate of drug-likeness (QED) is 0.389. The first kappa shape index (κ1) is 24.6. The van der Waals surface area contributed by atoms with Gasteiger partial charge in [-0.3, -0.25) is 14.5 Å². The number of carbonyl (C=O) groups excluding carboxylic acids is 1. The molecule has 6 heteroatoms. The molecule has 1 aliphatic carbocycles. The highest BCUT2D eigenvalue weighted by Gasteiger charge is 2.23. The molecule has 1 saturated heterocycles. The lowest BCUT2D eigenvalue weighted by Gasteiger charge is -2.29. The van der Waals surface area contributed by atoms with Gasteiger partial charge in [-0.25, -0.2) is 0 Å². The minimum absolute atomic E-state index is 0.0161. The minimum atomic E-state index is -0.165. The molecular weight excluding hydrogens is 472 g/mol. The molecule has 6 nitrogen and oxygen atoms in total. The number of benzene rings is 3. The first-order chi connectivity index (χ1) is 18.6. The van der Waals surface area contributed by atoms with Crippen LogP contribution in [-0.2, 0) is 13.0 Å². The third kappa shape index (κ3) is 4.88. The van der Waals surface area contributed by atoms with E-state index in [9.17, 15) is 9.59 Å². The monoisotopic (exact) mass is 506 g/mol. The van der Waals surface area contributed by atoms with Crippen molar-refractivity contribution in [1.82, 2.24) is 20.0 Å². The number of fused-ring (bicyclic) bond motifs is 2. The number of aryl methyl sites for hydroxylation is 2. The van der Waals surface area contributed by atoms with Crippen LogP contribution < -0.4 is 10.9 Å². The van der Waals surface area contributed by atoms with Gasteiger partial charge in [0.1, 0.15) is 0 Å². The summed E-state index contributed by atoms with van der Waals surface area (Å²) in [4.78, 5) is 28.8. The van der Waals surface area contributed by atoms with Crippen molar-refractivity contribution in [2.75, 3.05) is 13.1 Å². The highest BCUT2D eigenvalue weighted by Crippen LogP contribution is 2.31. The number of piperidine rings is 1. The summed E-state index contributed by atoms with van der Waals surface area (Å²) >= 11 is 0. The average molecular weight is 507 g/mol. The zero-order valence-corrected chi connectivity index (χ0v) is 22.0. The van der Waals surface area contributed by atoms with Crippen molar-refractivity contribution in [2.45, 2.75) is 58.0 Å². The molecule has 1 atom stereocenters. The summed E-state index contributed by atoms with van der Waals surface area (Å²) < 4.78 is 1.41. The van der Waals surface area contributed by atoms with Gasteiger partial charge in [-0.1, -0.05) is 42.8 Å². The molecule has 4 aromatic rings. The van der Waals surface area contributed by atoms with Gasteiger partial charge in [0.25, 0.3) is 11.5 Å². The average Bonchev–Trinajstić information content (AvgIpc) is 2.96. The van der Waals surface area contributed by atoms with Crippen LogP contribution in [0.15, 0.2) is 71.5 Å².